The lowest BCUT2D eigenvalue weighted by Gasteiger charge is -2.31. The number of aryl methyl sites for hydroxylation is 1. The molecule has 1 fully saturated rings. The fraction of sp³-hybridized carbons (Fsp3) is 0.360. The summed E-state index contributed by atoms with van der Waals surface area (Å²) in [4.78, 5) is 18.6. The van der Waals surface area contributed by atoms with Gasteiger partial charge in [0, 0.05) is 36.4 Å². The number of piperidine rings is 1. The molecule has 0 bridgehead atoms. The van der Waals surface area contributed by atoms with Gasteiger partial charge in [-0.2, -0.15) is 0 Å². The van der Waals surface area contributed by atoms with E-state index in [1.54, 1.807) is 0 Å². The van der Waals surface area contributed by atoms with Crippen molar-refractivity contribution in [3.05, 3.63) is 71.4 Å². The Balaban J connectivity index is 1.45. The van der Waals surface area contributed by atoms with Crippen LogP contribution in [0.2, 0.25) is 0 Å². The van der Waals surface area contributed by atoms with E-state index >= 15 is 0 Å². The van der Waals surface area contributed by atoms with Crippen molar-refractivity contribution >= 4 is 22.5 Å². The van der Waals surface area contributed by atoms with Crippen LogP contribution in [-0.4, -0.2) is 28.9 Å². The molecule has 1 aliphatic rings. The van der Waals surface area contributed by atoms with Gasteiger partial charge >= 0.3 is 0 Å². The molecule has 1 amide bonds. The Morgan fingerprint density at radius 1 is 1.17 bits per heavy atom. The first-order valence-corrected chi connectivity index (χ1v) is 10.8. The zero-order valence-corrected chi connectivity index (χ0v) is 17.6. The lowest BCUT2D eigenvalue weighted by Crippen LogP contribution is -2.40. The summed E-state index contributed by atoms with van der Waals surface area (Å²) < 4.78 is 0. The van der Waals surface area contributed by atoms with Gasteiger partial charge in [0.2, 0.25) is 5.91 Å². The zero-order chi connectivity index (χ0) is 20.9. The first-order valence-electron chi connectivity index (χ1n) is 10.8. The number of nitrogens with one attached hydrogen (secondary N) is 1. The maximum absolute atomic E-state index is 11.5. The minimum absolute atomic E-state index is 0.0173. The van der Waals surface area contributed by atoms with Crippen LogP contribution < -0.4 is 11.1 Å². The topological polar surface area (TPSA) is 71.2 Å². The molecule has 0 saturated carbocycles. The average Bonchev–Trinajstić information content (AvgIpc) is 2.77. The average molecular weight is 403 g/mol. The number of nitrogens with zero attached hydrogens (tertiary/aromatic N) is 2. The lowest BCUT2D eigenvalue weighted by atomic mass is 9.97. The summed E-state index contributed by atoms with van der Waals surface area (Å²) in [6, 6.07) is 19.1. The van der Waals surface area contributed by atoms with E-state index in [2.05, 4.69) is 65.7 Å². The fourth-order valence-electron chi connectivity index (χ4n) is 4.28. The Bertz CT molecular complexity index is 1030. The Kier molecular flexibility index (Phi) is 6.29. The van der Waals surface area contributed by atoms with Gasteiger partial charge in [-0.15, -0.1) is 0 Å². The van der Waals surface area contributed by atoms with Crippen molar-refractivity contribution in [2.45, 2.75) is 39.3 Å². The van der Waals surface area contributed by atoms with Crippen LogP contribution in [0.4, 0.5) is 5.69 Å². The third kappa shape index (κ3) is 4.79. The van der Waals surface area contributed by atoms with Crippen LogP contribution in [0, 0.1) is 5.92 Å². The summed E-state index contributed by atoms with van der Waals surface area (Å²) in [7, 11) is 0. The molecule has 1 aromatic heterocycles. The summed E-state index contributed by atoms with van der Waals surface area (Å²) in [5.41, 5.74) is 11.3. The van der Waals surface area contributed by atoms with Crippen LogP contribution in [0.15, 0.2) is 54.6 Å². The number of pyridine rings is 1. The van der Waals surface area contributed by atoms with E-state index in [1.807, 2.05) is 6.07 Å². The minimum Gasteiger partial charge on any atom is -0.380 e. The number of carbonyl (C=O) groups excluding carboxylic acids is 1. The van der Waals surface area contributed by atoms with E-state index in [0.717, 1.165) is 67.7 Å². The second-order valence-electron chi connectivity index (χ2n) is 8.18. The highest BCUT2D eigenvalue weighted by atomic mass is 16.1. The quantitative estimate of drug-likeness (QED) is 0.624. The van der Waals surface area contributed by atoms with Crippen molar-refractivity contribution in [1.82, 2.24) is 9.88 Å². The number of para-hydroxylation sites is 1. The van der Waals surface area contributed by atoms with Gasteiger partial charge in [0.05, 0.1) is 11.4 Å². The number of carbonyl (C=O) groups is 1. The van der Waals surface area contributed by atoms with Crippen molar-refractivity contribution in [3.63, 3.8) is 0 Å². The Labute approximate surface area is 178 Å². The number of aromatic nitrogens is 1. The van der Waals surface area contributed by atoms with Gasteiger partial charge in [-0.3, -0.25) is 14.7 Å². The maximum atomic E-state index is 11.5. The number of primary amides is 1. The maximum Gasteiger partial charge on any atom is 0.221 e. The molecule has 1 atom stereocenters. The molecule has 0 spiro atoms. The second-order valence-corrected chi connectivity index (χ2v) is 8.18. The van der Waals surface area contributed by atoms with Gasteiger partial charge in [0.15, 0.2) is 0 Å². The number of rotatable bonds is 7. The number of nitrogens with two attached hydrogens (primary N) is 1. The predicted octanol–water partition coefficient (Wildman–Crippen LogP) is 4.11. The number of likely N-dealkylation sites (tertiary alicyclic amines) is 1. The molecule has 3 aromatic rings. The molecule has 2 aromatic carbocycles. The Morgan fingerprint density at radius 2 is 2.00 bits per heavy atom. The smallest absolute Gasteiger partial charge is 0.221 e. The third-order valence-electron chi connectivity index (χ3n) is 5.92. The summed E-state index contributed by atoms with van der Waals surface area (Å²) in [6.07, 6.45) is 2.86. The molecule has 5 heteroatoms. The summed E-state index contributed by atoms with van der Waals surface area (Å²) in [5.74, 6) is -0.190. The van der Waals surface area contributed by atoms with Gasteiger partial charge < -0.3 is 11.1 Å². The molecule has 2 heterocycles. The molecule has 30 heavy (non-hydrogen) atoms. The highest BCUT2D eigenvalue weighted by Gasteiger charge is 2.23. The van der Waals surface area contributed by atoms with E-state index in [0.29, 0.717) is 0 Å². The van der Waals surface area contributed by atoms with Crippen LogP contribution in [0.1, 0.15) is 36.6 Å². The summed E-state index contributed by atoms with van der Waals surface area (Å²) in [6.45, 7) is 5.54. The molecular weight excluding hydrogens is 372 g/mol. The van der Waals surface area contributed by atoms with E-state index in [9.17, 15) is 4.79 Å². The molecule has 4 rings (SSSR count). The van der Waals surface area contributed by atoms with Crippen molar-refractivity contribution < 1.29 is 4.79 Å². The zero-order valence-electron chi connectivity index (χ0n) is 17.6. The molecule has 0 radical (unpaired) electrons. The number of benzene rings is 2. The third-order valence-corrected chi connectivity index (χ3v) is 5.92. The molecule has 5 nitrogen and oxygen atoms in total. The predicted molar refractivity (Wildman–Crippen MR) is 122 cm³/mol. The second kappa shape index (κ2) is 9.26. The monoisotopic (exact) mass is 402 g/mol. The number of fused-ring (bicyclic) bond motifs is 1. The van der Waals surface area contributed by atoms with Crippen LogP contribution in [-0.2, 0) is 24.3 Å². The molecular formula is C25H30N4O. The van der Waals surface area contributed by atoms with Gasteiger partial charge in [0.1, 0.15) is 0 Å². The Morgan fingerprint density at radius 3 is 2.83 bits per heavy atom. The number of hydrogen-bond acceptors (Lipinski definition) is 4. The SMILES string of the molecule is CCc1cc(NCc2cccc(CN3CCCC(C(N)=O)C3)c2)c2ccccc2n1. The molecule has 0 aliphatic carbocycles. The minimum atomic E-state index is -0.173. The van der Waals surface area contributed by atoms with Gasteiger partial charge in [-0.25, -0.2) is 0 Å². The van der Waals surface area contributed by atoms with Gasteiger partial charge in [-0.05, 0) is 49.1 Å². The van der Waals surface area contributed by atoms with E-state index in [-0.39, 0.29) is 11.8 Å². The van der Waals surface area contributed by atoms with Crippen molar-refractivity contribution in [2.75, 3.05) is 18.4 Å². The first-order chi connectivity index (χ1) is 14.6. The normalized spacial score (nSPS) is 17.2. The fourth-order valence-corrected chi connectivity index (χ4v) is 4.28. The van der Waals surface area contributed by atoms with Crippen molar-refractivity contribution in [2.24, 2.45) is 11.7 Å². The molecule has 156 valence electrons. The first kappa shape index (κ1) is 20.4. The van der Waals surface area contributed by atoms with Crippen LogP contribution in [0.3, 0.4) is 0 Å². The van der Waals surface area contributed by atoms with Gasteiger partial charge in [-0.1, -0.05) is 49.4 Å². The number of anilines is 1. The highest BCUT2D eigenvalue weighted by Crippen LogP contribution is 2.24. The van der Waals surface area contributed by atoms with E-state index in [4.69, 9.17) is 10.7 Å². The number of hydrogen-bond donors (Lipinski definition) is 2. The standard InChI is InChI=1S/C25H30N4O/c1-2-21-14-24(22-10-3-4-11-23(22)28-21)27-15-18-7-5-8-19(13-18)16-29-12-6-9-20(17-29)25(26)30/h3-5,7-8,10-11,13-14,20H,2,6,9,12,15-17H2,1H3,(H2,26,30)(H,27,28). The van der Waals surface area contributed by atoms with Crippen molar-refractivity contribution in [3.8, 4) is 0 Å². The molecule has 1 unspecified atom stereocenters. The molecule has 1 aliphatic heterocycles. The summed E-state index contributed by atoms with van der Waals surface area (Å²) in [5, 5.41) is 4.77. The Hall–Kier alpha value is -2.92. The van der Waals surface area contributed by atoms with Crippen LogP contribution in [0.5, 0.6) is 0 Å². The van der Waals surface area contributed by atoms with E-state index < -0.39 is 0 Å². The van der Waals surface area contributed by atoms with Crippen LogP contribution >= 0.6 is 0 Å². The van der Waals surface area contributed by atoms with Crippen molar-refractivity contribution in [1.29, 1.82) is 0 Å². The summed E-state index contributed by atoms with van der Waals surface area (Å²) >= 11 is 0. The molecule has 3 N–H and O–H groups in total. The van der Waals surface area contributed by atoms with Gasteiger partial charge in [0.25, 0.3) is 0 Å². The number of amides is 1. The molecule has 1 saturated heterocycles. The lowest BCUT2D eigenvalue weighted by molar-refractivity contribution is -0.123. The van der Waals surface area contributed by atoms with Crippen LogP contribution in [0.25, 0.3) is 10.9 Å². The van der Waals surface area contributed by atoms with E-state index in [1.165, 1.54) is 11.1 Å². The highest BCUT2D eigenvalue weighted by molar-refractivity contribution is 5.91. The largest absolute Gasteiger partial charge is 0.380 e.